The number of aryl methyl sites for hydroxylation is 1. The lowest BCUT2D eigenvalue weighted by atomic mass is 9.93. The molecule has 0 radical (unpaired) electrons. The van der Waals surface area contributed by atoms with Crippen molar-refractivity contribution in [2.75, 3.05) is 45.3 Å². The molecule has 0 spiro atoms. The van der Waals surface area contributed by atoms with Gasteiger partial charge < -0.3 is 14.8 Å². The topological polar surface area (TPSA) is 33.7 Å². The zero-order chi connectivity index (χ0) is 24.2. The van der Waals surface area contributed by atoms with Gasteiger partial charge in [-0.05, 0) is 49.2 Å². The van der Waals surface area contributed by atoms with Crippen molar-refractivity contribution in [3.63, 3.8) is 0 Å². The summed E-state index contributed by atoms with van der Waals surface area (Å²) in [7, 11) is 1.58. The molecule has 1 heterocycles. The Labute approximate surface area is 206 Å². The second-order valence-corrected chi connectivity index (χ2v) is 9.08. The van der Waals surface area contributed by atoms with E-state index in [-0.39, 0.29) is 26.6 Å². The van der Waals surface area contributed by atoms with Crippen LogP contribution in [0, 0.1) is 6.92 Å². The zero-order valence-corrected chi connectivity index (χ0v) is 20.6. The van der Waals surface area contributed by atoms with E-state index in [9.17, 15) is 13.2 Å². The summed E-state index contributed by atoms with van der Waals surface area (Å²) in [4.78, 5) is 2.52. The van der Waals surface area contributed by atoms with E-state index in [1.54, 1.807) is 7.11 Å². The molecule has 1 N–H and O–H groups in total. The minimum absolute atomic E-state index is 0.0110. The Hall–Kier alpha value is -1.58. The first-order valence-corrected chi connectivity index (χ1v) is 11.6. The van der Waals surface area contributed by atoms with Crippen LogP contribution < -0.4 is 10.1 Å². The van der Waals surface area contributed by atoms with Crippen molar-refractivity contribution in [3.8, 4) is 5.75 Å². The number of morpholine rings is 1. The van der Waals surface area contributed by atoms with Gasteiger partial charge in [0.2, 0.25) is 0 Å². The number of ether oxygens (including phenoxy) is 2. The molecule has 1 saturated heterocycles. The number of benzene rings is 2. The third-order valence-electron chi connectivity index (χ3n) is 5.61. The number of methoxy groups -OCH3 is 1. The van der Waals surface area contributed by atoms with E-state index in [1.165, 1.54) is 0 Å². The van der Waals surface area contributed by atoms with Gasteiger partial charge in [0, 0.05) is 19.0 Å². The summed E-state index contributed by atoms with van der Waals surface area (Å²) >= 11 is 17.5. The predicted molar refractivity (Wildman–Crippen MR) is 130 cm³/mol. The highest BCUT2D eigenvalue weighted by atomic mass is 35.5. The van der Waals surface area contributed by atoms with Crippen LogP contribution in [-0.2, 0) is 10.9 Å². The summed E-state index contributed by atoms with van der Waals surface area (Å²) < 4.78 is 51.8. The van der Waals surface area contributed by atoms with Crippen LogP contribution in [-0.4, -0.2) is 49.8 Å². The number of nitrogens with one attached hydrogen (secondary N) is 1. The number of hydrogen-bond acceptors (Lipinski definition) is 4. The van der Waals surface area contributed by atoms with Gasteiger partial charge in [0.15, 0.2) is 0 Å². The molecule has 2 aromatic rings. The maximum absolute atomic E-state index is 13.6. The van der Waals surface area contributed by atoms with E-state index in [2.05, 4.69) is 10.2 Å². The van der Waals surface area contributed by atoms with Crippen molar-refractivity contribution in [2.45, 2.75) is 25.4 Å². The molecule has 0 saturated carbocycles. The summed E-state index contributed by atoms with van der Waals surface area (Å²) in [6, 6.07) is 7.70. The average Bonchev–Trinajstić information content (AvgIpc) is 2.77. The summed E-state index contributed by atoms with van der Waals surface area (Å²) in [5.74, 6) is 0.352. The lowest BCUT2D eigenvalue weighted by Gasteiger charge is -2.29. The van der Waals surface area contributed by atoms with Gasteiger partial charge in [0.25, 0.3) is 0 Å². The molecule has 1 atom stereocenters. The molecule has 0 bridgehead atoms. The second kappa shape index (κ2) is 11.2. The second-order valence-electron chi connectivity index (χ2n) is 7.82. The fourth-order valence-electron chi connectivity index (χ4n) is 3.74. The van der Waals surface area contributed by atoms with Crippen LogP contribution in [0.25, 0.3) is 0 Å². The predicted octanol–water partition coefficient (Wildman–Crippen LogP) is 6.57. The van der Waals surface area contributed by atoms with Gasteiger partial charge in [0.05, 0.1) is 46.6 Å². The van der Waals surface area contributed by atoms with Gasteiger partial charge in [-0.2, -0.15) is 13.2 Å². The summed E-state index contributed by atoms with van der Waals surface area (Å²) in [6.07, 6.45) is -4.01. The molecule has 10 heteroatoms. The number of rotatable bonds is 7. The lowest BCUT2D eigenvalue weighted by molar-refractivity contribution is -0.136. The van der Waals surface area contributed by atoms with Crippen molar-refractivity contribution in [1.29, 1.82) is 0 Å². The van der Waals surface area contributed by atoms with E-state index in [0.29, 0.717) is 25.4 Å². The molecular weight excluding hydrogens is 496 g/mol. The Bertz CT molecular complexity index is 998. The van der Waals surface area contributed by atoms with Crippen LogP contribution in [0.2, 0.25) is 10.0 Å². The van der Waals surface area contributed by atoms with Gasteiger partial charge >= 0.3 is 6.18 Å². The van der Waals surface area contributed by atoms with Crippen molar-refractivity contribution < 1.29 is 22.6 Å². The summed E-state index contributed by atoms with van der Waals surface area (Å²) in [5.41, 5.74) is 0.665. The number of hydrogen-bond donors (Lipinski definition) is 1. The molecule has 4 nitrogen and oxygen atoms in total. The van der Waals surface area contributed by atoms with E-state index >= 15 is 0 Å². The first-order chi connectivity index (χ1) is 15.6. The van der Waals surface area contributed by atoms with Crippen molar-refractivity contribution in [2.24, 2.45) is 0 Å². The molecule has 33 heavy (non-hydrogen) atoms. The van der Waals surface area contributed by atoms with Crippen LogP contribution in [0.15, 0.2) is 30.3 Å². The highest BCUT2D eigenvalue weighted by molar-refractivity contribution is 7.80. The lowest BCUT2D eigenvalue weighted by Crippen LogP contribution is -2.38. The summed E-state index contributed by atoms with van der Waals surface area (Å²) in [5, 5.41) is 2.65. The standard InChI is InChI=1S/C23H25Cl2F3N2O2S/c1-14-3-4-15(11-21(14)31-2)16(5-6-30-7-9-32-10-8-30)22(33)29-20-13-19(25)18(24)12-17(20)23(26,27)28/h3-4,11-13,16H,5-10H2,1-2H3,(H,29,33). The third-order valence-corrected chi connectivity index (χ3v) is 6.72. The van der Waals surface area contributed by atoms with E-state index in [4.69, 9.17) is 44.9 Å². The van der Waals surface area contributed by atoms with Gasteiger partial charge in [-0.15, -0.1) is 0 Å². The van der Waals surface area contributed by atoms with Crippen molar-refractivity contribution in [1.82, 2.24) is 4.90 Å². The average molecular weight is 521 g/mol. The minimum atomic E-state index is -4.62. The van der Waals surface area contributed by atoms with Crippen LogP contribution in [0.3, 0.4) is 0 Å². The van der Waals surface area contributed by atoms with Crippen molar-refractivity contribution in [3.05, 3.63) is 57.1 Å². The van der Waals surface area contributed by atoms with Crippen LogP contribution >= 0.6 is 35.4 Å². The summed E-state index contributed by atoms with van der Waals surface area (Å²) in [6.45, 7) is 5.56. The third kappa shape index (κ3) is 6.73. The van der Waals surface area contributed by atoms with Crippen LogP contribution in [0.4, 0.5) is 18.9 Å². The quantitative estimate of drug-likeness (QED) is 0.417. The Kier molecular flexibility index (Phi) is 8.86. The molecule has 3 rings (SSSR count). The Morgan fingerprint density at radius 3 is 2.48 bits per heavy atom. The van der Waals surface area contributed by atoms with Crippen LogP contribution in [0.5, 0.6) is 5.75 Å². The number of halogens is 5. The maximum atomic E-state index is 13.6. The Morgan fingerprint density at radius 1 is 1.18 bits per heavy atom. The molecular formula is C23H25Cl2F3N2O2S. The number of alkyl halides is 3. The highest BCUT2D eigenvalue weighted by Crippen LogP contribution is 2.40. The SMILES string of the molecule is COc1cc(C(CCN2CCOCC2)C(=S)Nc2cc(Cl)c(Cl)cc2C(F)(F)F)ccc1C. The normalized spacial score (nSPS) is 15.8. The molecule has 0 amide bonds. The highest BCUT2D eigenvalue weighted by Gasteiger charge is 2.35. The van der Waals surface area contributed by atoms with Crippen molar-refractivity contribution >= 4 is 46.1 Å². The Morgan fingerprint density at radius 2 is 1.85 bits per heavy atom. The fraction of sp³-hybridized carbons (Fsp3) is 0.435. The molecule has 1 fully saturated rings. The molecule has 2 aromatic carbocycles. The van der Waals surface area contributed by atoms with Gasteiger partial charge in [-0.3, -0.25) is 4.90 Å². The molecule has 180 valence electrons. The smallest absolute Gasteiger partial charge is 0.418 e. The van der Waals surface area contributed by atoms with Gasteiger partial charge in [-0.1, -0.05) is 47.6 Å². The van der Waals surface area contributed by atoms with Gasteiger partial charge in [0.1, 0.15) is 5.75 Å². The number of thiocarbonyl (C=S) groups is 1. The molecule has 0 aromatic heterocycles. The molecule has 1 unspecified atom stereocenters. The Balaban J connectivity index is 1.91. The van der Waals surface area contributed by atoms with E-state index in [1.807, 2.05) is 25.1 Å². The molecule has 0 aliphatic carbocycles. The van der Waals surface area contributed by atoms with E-state index < -0.39 is 11.7 Å². The van der Waals surface area contributed by atoms with Gasteiger partial charge in [-0.25, -0.2) is 0 Å². The number of anilines is 1. The number of nitrogens with zero attached hydrogens (tertiary/aromatic N) is 1. The zero-order valence-electron chi connectivity index (χ0n) is 18.3. The maximum Gasteiger partial charge on any atom is 0.418 e. The van der Waals surface area contributed by atoms with Crippen LogP contribution in [0.1, 0.15) is 29.0 Å². The minimum Gasteiger partial charge on any atom is -0.496 e. The molecule has 1 aliphatic heterocycles. The van der Waals surface area contributed by atoms with E-state index in [0.717, 1.165) is 42.9 Å². The first-order valence-electron chi connectivity index (χ1n) is 10.4. The fourth-order valence-corrected chi connectivity index (χ4v) is 4.43. The molecule has 1 aliphatic rings. The monoisotopic (exact) mass is 520 g/mol. The largest absolute Gasteiger partial charge is 0.496 e. The first kappa shape index (κ1) is 26.0.